The first kappa shape index (κ1) is 10.7. The Morgan fingerprint density at radius 1 is 1.38 bits per heavy atom. The fourth-order valence-electron chi connectivity index (χ4n) is 1.08. The second-order valence-corrected chi connectivity index (χ2v) is 3.91. The number of aromatic amines is 1. The zero-order chi connectivity index (χ0) is 11.2. The molecule has 2 aromatic heterocycles. The Morgan fingerprint density at radius 3 is 3.00 bits per heavy atom. The number of hydrogen-bond donors (Lipinski definition) is 2. The number of hydrogen-bond acceptors (Lipinski definition) is 4. The van der Waals surface area contributed by atoms with Crippen LogP contribution >= 0.6 is 11.8 Å². The second-order valence-electron chi connectivity index (χ2n) is 2.95. The number of imidazole rings is 1. The van der Waals surface area contributed by atoms with Crippen molar-refractivity contribution in [2.75, 3.05) is 11.1 Å². The van der Waals surface area contributed by atoms with Crippen molar-refractivity contribution in [1.82, 2.24) is 15.0 Å². The first-order valence-corrected chi connectivity index (χ1v) is 5.66. The van der Waals surface area contributed by atoms with E-state index in [0.717, 1.165) is 5.16 Å². The van der Waals surface area contributed by atoms with Crippen LogP contribution in [0.2, 0.25) is 0 Å². The van der Waals surface area contributed by atoms with Gasteiger partial charge in [0.2, 0.25) is 5.91 Å². The van der Waals surface area contributed by atoms with Crippen LogP contribution < -0.4 is 5.32 Å². The Kier molecular flexibility index (Phi) is 3.55. The summed E-state index contributed by atoms with van der Waals surface area (Å²) in [6.45, 7) is 0. The highest BCUT2D eigenvalue weighted by Crippen LogP contribution is 2.11. The van der Waals surface area contributed by atoms with Crippen molar-refractivity contribution < 1.29 is 4.79 Å². The van der Waals surface area contributed by atoms with E-state index in [2.05, 4.69) is 20.3 Å². The van der Waals surface area contributed by atoms with Gasteiger partial charge in [-0.2, -0.15) is 0 Å². The number of pyridine rings is 1. The summed E-state index contributed by atoms with van der Waals surface area (Å²) in [5, 5.41) is 3.42. The number of amides is 1. The standard InChI is InChI=1S/C10H10N4OS/c15-9(7-16-10-12-5-6-13-10)14-8-3-1-2-4-11-8/h1-6H,7H2,(H,12,13)(H,11,14,15). The first-order valence-electron chi connectivity index (χ1n) is 4.67. The Labute approximate surface area is 96.7 Å². The quantitative estimate of drug-likeness (QED) is 0.787. The number of nitrogens with one attached hydrogen (secondary N) is 2. The molecule has 6 heteroatoms. The maximum Gasteiger partial charge on any atom is 0.236 e. The van der Waals surface area contributed by atoms with Gasteiger partial charge in [-0.3, -0.25) is 4.79 Å². The van der Waals surface area contributed by atoms with Crippen molar-refractivity contribution in [2.24, 2.45) is 0 Å². The van der Waals surface area contributed by atoms with Gasteiger partial charge in [0.15, 0.2) is 5.16 Å². The topological polar surface area (TPSA) is 70.7 Å². The molecule has 0 unspecified atom stereocenters. The van der Waals surface area contributed by atoms with Gasteiger partial charge in [0, 0.05) is 18.6 Å². The Morgan fingerprint density at radius 2 is 2.31 bits per heavy atom. The van der Waals surface area contributed by atoms with E-state index in [0.29, 0.717) is 11.6 Å². The van der Waals surface area contributed by atoms with Crippen molar-refractivity contribution in [2.45, 2.75) is 5.16 Å². The van der Waals surface area contributed by atoms with Gasteiger partial charge in [0.1, 0.15) is 5.82 Å². The Hall–Kier alpha value is -1.82. The summed E-state index contributed by atoms with van der Waals surface area (Å²) < 4.78 is 0. The van der Waals surface area contributed by atoms with Crippen molar-refractivity contribution >= 4 is 23.5 Å². The molecule has 2 aromatic rings. The van der Waals surface area contributed by atoms with Crippen molar-refractivity contribution in [3.8, 4) is 0 Å². The SMILES string of the molecule is O=C(CSc1ncc[nH]1)Nc1ccccn1. The summed E-state index contributed by atoms with van der Waals surface area (Å²) in [7, 11) is 0. The minimum atomic E-state index is -0.0971. The van der Waals surface area contributed by atoms with Crippen LogP contribution in [0.4, 0.5) is 5.82 Å². The number of carbonyl (C=O) groups is 1. The molecule has 0 saturated carbocycles. The van der Waals surface area contributed by atoms with E-state index in [4.69, 9.17) is 0 Å². The molecule has 2 heterocycles. The summed E-state index contributed by atoms with van der Waals surface area (Å²) in [4.78, 5) is 22.4. The van der Waals surface area contributed by atoms with Crippen molar-refractivity contribution in [3.63, 3.8) is 0 Å². The zero-order valence-electron chi connectivity index (χ0n) is 8.38. The van der Waals surface area contributed by atoms with Gasteiger partial charge in [0.25, 0.3) is 0 Å². The lowest BCUT2D eigenvalue weighted by molar-refractivity contribution is -0.113. The van der Waals surface area contributed by atoms with Gasteiger partial charge in [0.05, 0.1) is 5.75 Å². The molecule has 0 aliphatic carbocycles. The lowest BCUT2D eigenvalue weighted by Gasteiger charge is -2.02. The molecule has 0 aromatic carbocycles. The maximum atomic E-state index is 11.5. The van der Waals surface area contributed by atoms with Crippen LogP contribution in [0.25, 0.3) is 0 Å². The van der Waals surface area contributed by atoms with Gasteiger partial charge in [-0.05, 0) is 12.1 Å². The summed E-state index contributed by atoms with van der Waals surface area (Å²) in [5.74, 6) is 0.775. The third-order valence-corrected chi connectivity index (χ3v) is 2.65. The van der Waals surface area contributed by atoms with E-state index in [1.807, 2.05) is 6.07 Å². The second kappa shape index (κ2) is 5.32. The highest BCUT2D eigenvalue weighted by Gasteiger charge is 2.04. The number of rotatable bonds is 4. The largest absolute Gasteiger partial charge is 0.340 e. The van der Waals surface area contributed by atoms with Gasteiger partial charge in [-0.25, -0.2) is 9.97 Å². The fraction of sp³-hybridized carbons (Fsp3) is 0.100. The van der Waals surface area contributed by atoms with Crippen LogP contribution in [0.1, 0.15) is 0 Å². The number of anilines is 1. The molecule has 2 N–H and O–H groups in total. The van der Waals surface area contributed by atoms with Crippen LogP contribution in [-0.2, 0) is 4.79 Å². The molecule has 1 amide bonds. The molecule has 0 saturated heterocycles. The lowest BCUT2D eigenvalue weighted by atomic mass is 10.4. The highest BCUT2D eigenvalue weighted by molar-refractivity contribution is 7.99. The van der Waals surface area contributed by atoms with Crippen LogP contribution in [0.3, 0.4) is 0 Å². The summed E-state index contributed by atoms with van der Waals surface area (Å²) in [5.41, 5.74) is 0. The summed E-state index contributed by atoms with van der Waals surface area (Å²) in [6.07, 6.45) is 5.01. The van der Waals surface area contributed by atoms with Crippen molar-refractivity contribution in [3.05, 3.63) is 36.8 Å². The zero-order valence-corrected chi connectivity index (χ0v) is 9.20. The molecule has 2 rings (SSSR count). The Balaban J connectivity index is 1.81. The third kappa shape index (κ3) is 3.09. The smallest absolute Gasteiger partial charge is 0.236 e. The minimum absolute atomic E-state index is 0.0971. The first-order chi connectivity index (χ1) is 7.84. The maximum absolute atomic E-state index is 11.5. The molecular weight excluding hydrogens is 224 g/mol. The van der Waals surface area contributed by atoms with E-state index < -0.39 is 0 Å². The molecule has 0 aliphatic rings. The molecule has 5 nitrogen and oxygen atoms in total. The molecule has 16 heavy (non-hydrogen) atoms. The molecule has 0 atom stereocenters. The normalized spacial score (nSPS) is 10.0. The van der Waals surface area contributed by atoms with E-state index in [-0.39, 0.29) is 5.91 Å². The summed E-state index contributed by atoms with van der Waals surface area (Å²) >= 11 is 1.35. The molecule has 0 bridgehead atoms. The highest BCUT2D eigenvalue weighted by atomic mass is 32.2. The third-order valence-electron chi connectivity index (χ3n) is 1.75. The molecule has 0 fully saturated rings. The van der Waals surface area contributed by atoms with E-state index in [1.54, 1.807) is 30.7 Å². The average molecular weight is 234 g/mol. The lowest BCUT2D eigenvalue weighted by Crippen LogP contribution is -2.14. The van der Waals surface area contributed by atoms with Crippen LogP contribution in [0, 0.1) is 0 Å². The van der Waals surface area contributed by atoms with Gasteiger partial charge >= 0.3 is 0 Å². The fourth-order valence-corrected chi connectivity index (χ4v) is 1.71. The average Bonchev–Trinajstić information content (AvgIpc) is 2.81. The van der Waals surface area contributed by atoms with Gasteiger partial charge in [-0.15, -0.1) is 0 Å². The Bertz CT molecular complexity index is 443. The van der Waals surface area contributed by atoms with Crippen LogP contribution in [0.5, 0.6) is 0 Å². The number of carbonyl (C=O) groups excluding carboxylic acids is 1. The van der Waals surface area contributed by atoms with E-state index >= 15 is 0 Å². The van der Waals surface area contributed by atoms with Gasteiger partial charge in [-0.1, -0.05) is 17.8 Å². The molecule has 82 valence electrons. The predicted octanol–water partition coefficient (Wildman–Crippen LogP) is 1.54. The van der Waals surface area contributed by atoms with Gasteiger partial charge < -0.3 is 10.3 Å². The van der Waals surface area contributed by atoms with Crippen molar-refractivity contribution in [1.29, 1.82) is 0 Å². The molecule has 0 aliphatic heterocycles. The number of aromatic nitrogens is 3. The molecule has 0 spiro atoms. The molecule has 0 radical (unpaired) electrons. The van der Waals surface area contributed by atoms with Crippen LogP contribution in [0.15, 0.2) is 41.9 Å². The number of H-pyrrole nitrogens is 1. The molecular formula is C10H10N4OS. The number of nitrogens with zero attached hydrogens (tertiary/aromatic N) is 2. The predicted molar refractivity (Wildman–Crippen MR) is 62.2 cm³/mol. The monoisotopic (exact) mass is 234 g/mol. The minimum Gasteiger partial charge on any atom is -0.340 e. The number of thioether (sulfide) groups is 1. The summed E-state index contributed by atoms with van der Waals surface area (Å²) in [6, 6.07) is 5.37. The van der Waals surface area contributed by atoms with E-state index in [1.165, 1.54) is 11.8 Å². The van der Waals surface area contributed by atoms with Crippen LogP contribution in [-0.4, -0.2) is 26.6 Å². The van der Waals surface area contributed by atoms with E-state index in [9.17, 15) is 4.79 Å².